The van der Waals surface area contributed by atoms with E-state index in [-0.39, 0.29) is 18.1 Å². The molecule has 2 aromatic heterocycles. The largest absolute Gasteiger partial charge is 0.396 e. The smallest absolute Gasteiger partial charge is 0.264 e. The maximum absolute atomic E-state index is 12.8. The maximum atomic E-state index is 12.8. The number of rotatable bonds is 3. The van der Waals surface area contributed by atoms with Crippen LogP contribution < -0.4 is 10.5 Å². The summed E-state index contributed by atoms with van der Waals surface area (Å²) in [7, 11) is 1.70. The van der Waals surface area contributed by atoms with Gasteiger partial charge in [0.2, 0.25) is 0 Å². The van der Waals surface area contributed by atoms with Gasteiger partial charge < -0.3 is 14.6 Å². The second kappa shape index (κ2) is 6.53. The first-order chi connectivity index (χ1) is 12.6. The molecule has 0 aliphatic carbocycles. The van der Waals surface area contributed by atoms with Gasteiger partial charge in [0.25, 0.3) is 5.56 Å². The van der Waals surface area contributed by atoms with Gasteiger partial charge in [-0.25, -0.2) is 9.97 Å². The van der Waals surface area contributed by atoms with Crippen molar-refractivity contribution in [3.8, 4) is 11.3 Å². The lowest BCUT2D eigenvalue weighted by molar-refractivity contribution is 0.238. The predicted octanol–water partition coefficient (Wildman–Crippen LogP) is 2.12. The molecule has 0 bridgehead atoms. The van der Waals surface area contributed by atoms with E-state index in [9.17, 15) is 9.90 Å². The van der Waals surface area contributed by atoms with Crippen LogP contribution in [0, 0.1) is 12.8 Å². The van der Waals surface area contributed by atoms with Crippen molar-refractivity contribution in [2.24, 2.45) is 13.0 Å². The second-order valence-electron chi connectivity index (χ2n) is 7.04. The topological polar surface area (TPSA) is 71.2 Å². The van der Waals surface area contributed by atoms with Crippen LogP contribution in [0.3, 0.4) is 0 Å². The molecule has 0 spiro atoms. The molecular weight excluding hydrogens is 328 g/mol. The Kier molecular flexibility index (Phi) is 4.20. The number of aryl methyl sites for hydroxylation is 2. The van der Waals surface area contributed by atoms with Gasteiger partial charge in [0.05, 0.1) is 17.5 Å². The number of hydrogen-bond donors (Lipinski definition) is 1. The van der Waals surface area contributed by atoms with Crippen molar-refractivity contribution in [2.75, 3.05) is 24.6 Å². The molecule has 0 radical (unpaired) electrons. The average Bonchev–Trinajstić information content (AvgIpc) is 3.14. The highest BCUT2D eigenvalue weighted by Gasteiger charge is 2.26. The van der Waals surface area contributed by atoms with Crippen molar-refractivity contribution < 1.29 is 5.11 Å². The number of nitrogens with zero attached hydrogens (tertiary/aromatic N) is 4. The summed E-state index contributed by atoms with van der Waals surface area (Å²) in [5.41, 5.74) is 3.55. The number of hydrogen-bond acceptors (Lipinski definition) is 5. The minimum Gasteiger partial charge on any atom is -0.396 e. The van der Waals surface area contributed by atoms with Crippen molar-refractivity contribution in [3.05, 3.63) is 52.6 Å². The van der Waals surface area contributed by atoms with Gasteiger partial charge in [-0.2, -0.15) is 0 Å². The van der Waals surface area contributed by atoms with Crippen molar-refractivity contribution in [3.63, 3.8) is 0 Å². The molecule has 0 amide bonds. The maximum Gasteiger partial charge on any atom is 0.264 e. The van der Waals surface area contributed by atoms with Gasteiger partial charge in [-0.05, 0) is 19.4 Å². The fourth-order valence-electron chi connectivity index (χ4n) is 3.48. The molecule has 3 heterocycles. The Balaban J connectivity index is 1.92. The third-order valence-electron chi connectivity index (χ3n) is 5.07. The highest BCUT2D eigenvalue weighted by atomic mass is 16.3. The van der Waals surface area contributed by atoms with E-state index in [1.807, 2.05) is 25.1 Å². The molecule has 3 aromatic rings. The fourth-order valence-corrected chi connectivity index (χ4v) is 3.48. The van der Waals surface area contributed by atoms with Crippen LogP contribution in [0.2, 0.25) is 0 Å². The van der Waals surface area contributed by atoms with E-state index in [2.05, 4.69) is 22.0 Å². The summed E-state index contributed by atoms with van der Waals surface area (Å²) < 4.78 is 1.48. The molecule has 1 aromatic carbocycles. The summed E-state index contributed by atoms with van der Waals surface area (Å²) in [6.07, 6.45) is 2.45. The molecule has 1 aliphatic rings. The molecule has 1 atom stereocenters. The number of aliphatic hydroxyl groups is 1. The molecule has 6 heteroatoms. The molecule has 1 saturated heterocycles. The summed E-state index contributed by atoms with van der Waals surface area (Å²) in [5, 5.41) is 10.0. The third-order valence-corrected chi connectivity index (χ3v) is 5.07. The van der Waals surface area contributed by atoms with E-state index in [1.54, 1.807) is 13.4 Å². The van der Waals surface area contributed by atoms with Crippen LogP contribution in [-0.2, 0) is 7.05 Å². The molecule has 134 valence electrons. The molecule has 6 nitrogen and oxygen atoms in total. The molecule has 1 aliphatic heterocycles. The van der Waals surface area contributed by atoms with Gasteiger partial charge >= 0.3 is 0 Å². The van der Waals surface area contributed by atoms with Gasteiger partial charge in [-0.1, -0.05) is 29.8 Å². The van der Waals surface area contributed by atoms with E-state index in [4.69, 9.17) is 4.98 Å². The zero-order chi connectivity index (χ0) is 18.3. The van der Waals surface area contributed by atoms with Crippen LogP contribution in [0.25, 0.3) is 22.2 Å². The Hall–Kier alpha value is -2.73. The second-order valence-corrected chi connectivity index (χ2v) is 7.04. The average molecular weight is 350 g/mol. The Labute approximate surface area is 151 Å². The van der Waals surface area contributed by atoms with E-state index in [0.29, 0.717) is 23.3 Å². The number of benzene rings is 1. The first-order valence-corrected chi connectivity index (χ1v) is 8.86. The van der Waals surface area contributed by atoms with Crippen molar-refractivity contribution in [1.29, 1.82) is 0 Å². The predicted molar refractivity (Wildman–Crippen MR) is 102 cm³/mol. The van der Waals surface area contributed by atoms with Crippen LogP contribution in [-0.4, -0.2) is 39.3 Å². The minimum atomic E-state index is -0.0968. The lowest BCUT2D eigenvalue weighted by Gasteiger charge is -2.20. The Morgan fingerprint density at radius 2 is 2.04 bits per heavy atom. The van der Waals surface area contributed by atoms with E-state index < -0.39 is 0 Å². The normalized spacial score (nSPS) is 17.2. The first kappa shape index (κ1) is 16.7. The summed E-state index contributed by atoms with van der Waals surface area (Å²) in [6.45, 7) is 3.69. The van der Waals surface area contributed by atoms with Gasteiger partial charge in [-0.3, -0.25) is 4.79 Å². The third kappa shape index (κ3) is 2.86. The minimum absolute atomic E-state index is 0.0968. The highest BCUT2D eigenvalue weighted by Crippen LogP contribution is 2.30. The molecule has 1 N–H and O–H groups in total. The fraction of sp³-hybridized carbons (Fsp3) is 0.350. The van der Waals surface area contributed by atoms with Gasteiger partial charge in [0, 0.05) is 38.2 Å². The molecule has 1 fully saturated rings. The Morgan fingerprint density at radius 1 is 1.27 bits per heavy atom. The zero-order valence-electron chi connectivity index (χ0n) is 15.0. The molecule has 26 heavy (non-hydrogen) atoms. The van der Waals surface area contributed by atoms with Crippen LogP contribution >= 0.6 is 0 Å². The van der Waals surface area contributed by atoms with Crippen LogP contribution in [0.15, 0.2) is 41.5 Å². The monoisotopic (exact) mass is 350 g/mol. The number of fused-ring (bicyclic) bond motifs is 1. The highest BCUT2D eigenvalue weighted by molar-refractivity contribution is 5.91. The first-order valence-electron chi connectivity index (χ1n) is 8.86. The molecule has 0 saturated carbocycles. The summed E-state index contributed by atoms with van der Waals surface area (Å²) >= 11 is 0. The van der Waals surface area contributed by atoms with Crippen molar-refractivity contribution in [2.45, 2.75) is 13.3 Å². The summed E-state index contributed by atoms with van der Waals surface area (Å²) in [6, 6.07) is 10.1. The number of pyridine rings is 1. The van der Waals surface area contributed by atoms with Crippen LogP contribution in [0.5, 0.6) is 0 Å². The van der Waals surface area contributed by atoms with Crippen LogP contribution in [0.4, 0.5) is 5.82 Å². The van der Waals surface area contributed by atoms with E-state index in [1.165, 1.54) is 10.1 Å². The van der Waals surface area contributed by atoms with Gasteiger partial charge in [-0.15, -0.1) is 0 Å². The van der Waals surface area contributed by atoms with E-state index in [0.717, 1.165) is 24.2 Å². The van der Waals surface area contributed by atoms with Crippen LogP contribution in [0.1, 0.15) is 12.0 Å². The Bertz CT molecular complexity index is 1010. The molecule has 4 rings (SSSR count). The van der Waals surface area contributed by atoms with Gasteiger partial charge in [0.15, 0.2) is 0 Å². The number of aromatic nitrogens is 3. The zero-order valence-corrected chi connectivity index (χ0v) is 15.0. The lowest BCUT2D eigenvalue weighted by Crippen LogP contribution is -2.26. The van der Waals surface area contributed by atoms with Crippen molar-refractivity contribution >= 4 is 16.7 Å². The summed E-state index contributed by atoms with van der Waals surface area (Å²) in [5.74, 6) is 0.887. The SMILES string of the molecule is Cc1ccc(-c2cc3ncn(C)c(=O)c3c(N3CCC(CO)C3)n2)cc1. The lowest BCUT2D eigenvalue weighted by atomic mass is 10.1. The number of anilines is 1. The number of aliphatic hydroxyl groups excluding tert-OH is 1. The molecule has 1 unspecified atom stereocenters. The summed E-state index contributed by atoms with van der Waals surface area (Å²) in [4.78, 5) is 24.2. The quantitative estimate of drug-likeness (QED) is 0.783. The van der Waals surface area contributed by atoms with E-state index >= 15 is 0 Å². The van der Waals surface area contributed by atoms with Crippen molar-refractivity contribution in [1.82, 2.24) is 14.5 Å². The Morgan fingerprint density at radius 3 is 2.73 bits per heavy atom. The van der Waals surface area contributed by atoms with Gasteiger partial charge in [0.1, 0.15) is 11.2 Å². The standard InChI is InChI=1S/C20H22N4O2/c1-13-3-5-15(6-4-13)16-9-17-18(20(26)23(2)12-21-17)19(22-16)24-8-7-14(10-24)11-25/h3-6,9,12,14,25H,7-8,10-11H2,1-2H3. The molecular formula is C20H22N4O2.